The third kappa shape index (κ3) is 5.94. The number of carbonyl (C=O) groups excluding carboxylic acids is 1. The molecular weight excluding hydrogens is 365 g/mol. The number of nitrogens with zero attached hydrogens (tertiary/aromatic N) is 2. The Morgan fingerprint density at radius 3 is 2.44 bits per heavy atom. The fraction of sp³-hybridized carbons (Fsp3) is 0.381. The molecule has 3 rings (SSSR count). The van der Waals surface area contributed by atoms with E-state index in [2.05, 4.69) is 15.1 Å². The highest BCUT2D eigenvalue weighted by Gasteiger charge is 2.19. The third-order valence-electron chi connectivity index (χ3n) is 4.87. The lowest BCUT2D eigenvalue weighted by Crippen LogP contribution is -2.47. The van der Waals surface area contributed by atoms with Crippen LogP contribution in [0.2, 0.25) is 5.02 Å². The van der Waals surface area contributed by atoms with Gasteiger partial charge < -0.3 is 10.2 Å². The second-order valence-corrected chi connectivity index (χ2v) is 7.19. The van der Waals surface area contributed by atoms with Gasteiger partial charge in [0.15, 0.2) is 0 Å². The van der Waals surface area contributed by atoms with Gasteiger partial charge in [-0.3, -0.25) is 9.69 Å². The summed E-state index contributed by atoms with van der Waals surface area (Å²) in [6, 6.07) is 14.6. The van der Waals surface area contributed by atoms with E-state index in [1.807, 2.05) is 36.4 Å². The lowest BCUT2D eigenvalue weighted by molar-refractivity contribution is -0.121. The van der Waals surface area contributed by atoms with Crippen molar-refractivity contribution in [3.05, 3.63) is 64.9 Å². The first-order valence-corrected chi connectivity index (χ1v) is 9.72. The van der Waals surface area contributed by atoms with Crippen LogP contribution in [0.5, 0.6) is 0 Å². The van der Waals surface area contributed by atoms with Crippen molar-refractivity contribution in [2.24, 2.45) is 0 Å². The van der Waals surface area contributed by atoms with Crippen molar-refractivity contribution in [3.63, 3.8) is 0 Å². The molecule has 2 aromatic rings. The highest BCUT2D eigenvalue weighted by Crippen LogP contribution is 2.20. The number of para-hydroxylation sites is 1. The monoisotopic (exact) mass is 389 g/mol. The van der Waals surface area contributed by atoms with Crippen LogP contribution in [-0.4, -0.2) is 50.1 Å². The van der Waals surface area contributed by atoms with Crippen molar-refractivity contribution in [3.8, 4) is 0 Å². The molecule has 4 nitrogen and oxygen atoms in total. The maximum Gasteiger partial charge on any atom is 0.221 e. The summed E-state index contributed by atoms with van der Waals surface area (Å²) in [4.78, 5) is 16.4. The Kier molecular flexibility index (Phi) is 7.07. The molecule has 0 saturated carbocycles. The van der Waals surface area contributed by atoms with Crippen LogP contribution in [0.3, 0.4) is 0 Å². The Bertz CT molecular complexity index is 745. The normalized spacial score (nSPS) is 15.0. The zero-order chi connectivity index (χ0) is 19.1. The molecule has 0 unspecified atom stereocenters. The Morgan fingerprint density at radius 2 is 1.74 bits per heavy atom. The van der Waals surface area contributed by atoms with Crippen molar-refractivity contribution in [1.29, 1.82) is 0 Å². The second-order valence-electron chi connectivity index (χ2n) is 6.76. The van der Waals surface area contributed by atoms with Gasteiger partial charge >= 0.3 is 0 Å². The molecule has 1 aliphatic heterocycles. The summed E-state index contributed by atoms with van der Waals surface area (Å²) < 4.78 is 13.9. The van der Waals surface area contributed by atoms with Crippen LogP contribution < -0.4 is 10.2 Å². The first-order chi connectivity index (χ1) is 13.1. The lowest BCUT2D eigenvalue weighted by atomic mass is 10.1. The topological polar surface area (TPSA) is 35.6 Å². The number of hydrogen-bond acceptors (Lipinski definition) is 3. The number of nitrogens with one attached hydrogen (secondary N) is 1. The summed E-state index contributed by atoms with van der Waals surface area (Å²) in [6.45, 7) is 4.59. The molecule has 1 N–H and O–H groups in total. The minimum absolute atomic E-state index is 0.0699. The van der Waals surface area contributed by atoms with Gasteiger partial charge in [-0.05, 0) is 36.2 Å². The molecule has 27 heavy (non-hydrogen) atoms. The zero-order valence-electron chi connectivity index (χ0n) is 15.3. The Hall–Kier alpha value is -2.11. The summed E-state index contributed by atoms with van der Waals surface area (Å²) in [7, 11) is 0. The quantitative estimate of drug-likeness (QED) is 0.788. The SMILES string of the molecule is O=C(CCN1CCN(c2ccccc2F)CC1)NCCc1ccc(Cl)cc1. The maximum absolute atomic E-state index is 13.9. The van der Waals surface area contributed by atoms with E-state index in [9.17, 15) is 9.18 Å². The number of anilines is 1. The number of carbonyl (C=O) groups is 1. The van der Waals surface area contributed by atoms with Crippen LogP contribution in [0, 0.1) is 5.82 Å². The standard InChI is InChI=1S/C21H25ClFN3O/c22-18-7-5-17(6-8-18)9-11-24-21(27)10-12-25-13-15-26(16-14-25)20-4-2-1-3-19(20)23/h1-8H,9-16H2,(H,24,27). The first kappa shape index (κ1) is 19.6. The summed E-state index contributed by atoms with van der Waals surface area (Å²) >= 11 is 5.87. The molecule has 1 amide bonds. The van der Waals surface area contributed by atoms with E-state index in [0.29, 0.717) is 18.7 Å². The van der Waals surface area contributed by atoms with Gasteiger partial charge in [-0.2, -0.15) is 0 Å². The smallest absolute Gasteiger partial charge is 0.221 e. The molecule has 0 atom stereocenters. The molecule has 1 fully saturated rings. The Morgan fingerprint density at radius 1 is 1.04 bits per heavy atom. The number of halogens is 2. The molecule has 1 saturated heterocycles. The summed E-state index contributed by atoms with van der Waals surface area (Å²) in [5.41, 5.74) is 1.82. The molecule has 0 radical (unpaired) electrons. The van der Waals surface area contributed by atoms with Gasteiger partial charge in [-0.1, -0.05) is 35.9 Å². The largest absolute Gasteiger partial charge is 0.367 e. The highest BCUT2D eigenvalue weighted by atomic mass is 35.5. The van der Waals surface area contributed by atoms with Crippen LogP contribution in [0.1, 0.15) is 12.0 Å². The minimum Gasteiger partial charge on any atom is -0.367 e. The average molecular weight is 390 g/mol. The van der Waals surface area contributed by atoms with Gasteiger partial charge in [0.25, 0.3) is 0 Å². The van der Waals surface area contributed by atoms with Crippen LogP contribution in [0.25, 0.3) is 0 Å². The molecule has 0 aliphatic carbocycles. The van der Waals surface area contributed by atoms with E-state index in [1.165, 1.54) is 6.07 Å². The Balaban J connectivity index is 1.33. The van der Waals surface area contributed by atoms with E-state index >= 15 is 0 Å². The number of amides is 1. The van der Waals surface area contributed by atoms with Gasteiger partial charge in [0, 0.05) is 50.7 Å². The van der Waals surface area contributed by atoms with Gasteiger partial charge in [0.1, 0.15) is 5.82 Å². The van der Waals surface area contributed by atoms with Crippen LogP contribution in [0.15, 0.2) is 48.5 Å². The molecule has 144 valence electrons. The van der Waals surface area contributed by atoms with E-state index in [1.54, 1.807) is 6.07 Å². The van der Waals surface area contributed by atoms with Crippen LogP contribution >= 0.6 is 11.6 Å². The van der Waals surface area contributed by atoms with Crippen molar-refractivity contribution < 1.29 is 9.18 Å². The molecule has 1 aliphatic rings. The van der Waals surface area contributed by atoms with E-state index in [0.717, 1.165) is 49.7 Å². The number of rotatable bonds is 7. The van der Waals surface area contributed by atoms with Crippen molar-refractivity contribution in [2.75, 3.05) is 44.2 Å². The van der Waals surface area contributed by atoms with E-state index < -0.39 is 0 Å². The number of piperazine rings is 1. The summed E-state index contributed by atoms with van der Waals surface area (Å²) in [6.07, 6.45) is 1.28. The van der Waals surface area contributed by atoms with Crippen molar-refractivity contribution in [2.45, 2.75) is 12.8 Å². The predicted molar refractivity (Wildman–Crippen MR) is 108 cm³/mol. The predicted octanol–water partition coefficient (Wildman–Crippen LogP) is 3.35. The minimum atomic E-state index is -0.175. The average Bonchev–Trinajstić information content (AvgIpc) is 2.69. The first-order valence-electron chi connectivity index (χ1n) is 9.35. The van der Waals surface area contributed by atoms with Crippen LogP contribution in [-0.2, 0) is 11.2 Å². The molecule has 1 heterocycles. The molecule has 0 bridgehead atoms. The van der Waals surface area contributed by atoms with Gasteiger partial charge in [0.05, 0.1) is 5.69 Å². The fourth-order valence-electron chi connectivity index (χ4n) is 3.27. The highest BCUT2D eigenvalue weighted by molar-refractivity contribution is 6.30. The zero-order valence-corrected chi connectivity index (χ0v) is 16.1. The fourth-order valence-corrected chi connectivity index (χ4v) is 3.39. The summed E-state index contributed by atoms with van der Waals surface area (Å²) in [5.74, 6) is -0.105. The van der Waals surface area contributed by atoms with E-state index in [4.69, 9.17) is 11.6 Å². The molecule has 0 aromatic heterocycles. The van der Waals surface area contributed by atoms with Gasteiger partial charge in [0.2, 0.25) is 5.91 Å². The van der Waals surface area contributed by atoms with Crippen molar-refractivity contribution >= 4 is 23.2 Å². The number of benzene rings is 2. The molecule has 0 spiro atoms. The molecule has 6 heteroatoms. The van der Waals surface area contributed by atoms with Crippen LogP contribution in [0.4, 0.5) is 10.1 Å². The number of hydrogen-bond donors (Lipinski definition) is 1. The molecule has 2 aromatic carbocycles. The van der Waals surface area contributed by atoms with Gasteiger partial charge in [-0.15, -0.1) is 0 Å². The second kappa shape index (κ2) is 9.72. The van der Waals surface area contributed by atoms with Gasteiger partial charge in [-0.25, -0.2) is 4.39 Å². The van der Waals surface area contributed by atoms with E-state index in [-0.39, 0.29) is 11.7 Å². The maximum atomic E-state index is 13.9. The Labute approximate surface area is 164 Å². The van der Waals surface area contributed by atoms with Crippen molar-refractivity contribution in [1.82, 2.24) is 10.2 Å². The third-order valence-corrected chi connectivity index (χ3v) is 5.12. The lowest BCUT2D eigenvalue weighted by Gasteiger charge is -2.36. The summed E-state index contributed by atoms with van der Waals surface area (Å²) in [5, 5.41) is 3.69. The molecular formula is C21H25ClFN3O.